The Balaban J connectivity index is 1.20. The standard InChI is InChI=1S/C29H36N6O6/c1-41-20-25(36)33(17-9-19-35-27(38)22-11-3-5-13-24(22)32-29(35)40)16-7-6-14-30-15-8-18-34-26(37)21-10-2-4-12-23(21)31-28(34)39/h2-5,10-13,30H,6-9,14-20H2,1H3,(H,31,39)(H,32,40). The average molecular weight is 565 g/mol. The second kappa shape index (κ2) is 14.4. The minimum atomic E-state index is -0.468. The van der Waals surface area contributed by atoms with Crippen LogP contribution in [0.3, 0.4) is 0 Å². The number of aromatic amines is 2. The zero-order chi connectivity index (χ0) is 29.2. The van der Waals surface area contributed by atoms with E-state index in [0.717, 1.165) is 19.4 Å². The first-order valence-electron chi connectivity index (χ1n) is 13.8. The molecule has 0 spiro atoms. The van der Waals surface area contributed by atoms with Gasteiger partial charge in [-0.2, -0.15) is 0 Å². The third kappa shape index (κ3) is 7.47. The highest BCUT2D eigenvalue weighted by atomic mass is 16.5. The molecule has 12 nitrogen and oxygen atoms in total. The largest absolute Gasteiger partial charge is 0.375 e. The first-order valence-corrected chi connectivity index (χ1v) is 13.8. The molecule has 0 aliphatic heterocycles. The fraction of sp³-hybridized carbons (Fsp3) is 0.414. The highest BCUT2D eigenvalue weighted by Gasteiger charge is 2.14. The van der Waals surface area contributed by atoms with Crippen LogP contribution in [0.1, 0.15) is 25.7 Å². The molecule has 218 valence electrons. The van der Waals surface area contributed by atoms with E-state index >= 15 is 0 Å². The molecule has 41 heavy (non-hydrogen) atoms. The first kappa shape index (κ1) is 29.7. The van der Waals surface area contributed by atoms with Gasteiger partial charge in [-0.05, 0) is 63.0 Å². The number of aromatic nitrogens is 4. The lowest BCUT2D eigenvalue weighted by Gasteiger charge is -2.22. The van der Waals surface area contributed by atoms with Crippen molar-refractivity contribution in [1.29, 1.82) is 0 Å². The molecule has 0 aliphatic rings. The van der Waals surface area contributed by atoms with Gasteiger partial charge in [0.25, 0.3) is 11.1 Å². The van der Waals surface area contributed by atoms with E-state index in [0.29, 0.717) is 60.8 Å². The molecule has 0 unspecified atom stereocenters. The van der Waals surface area contributed by atoms with Crippen LogP contribution in [-0.4, -0.2) is 69.8 Å². The van der Waals surface area contributed by atoms with E-state index in [4.69, 9.17) is 4.74 Å². The van der Waals surface area contributed by atoms with Crippen molar-refractivity contribution in [3.63, 3.8) is 0 Å². The van der Waals surface area contributed by atoms with Crippen LogP contribution in [0.2, 0.25) is 0 Å². The predicted octanol–water partition coefficient (Wildman–Crippen LogP) is 1.02. The van der Waals surface area contributed by atoms with Crippen LogP contribution in [0, 0.1) is 0 Å². The highest BCUT2D eigenvalue weighted by Crippen LogP contribution is 2.05. The topological polar surface area (TPSA) is 151 Å². The maximum absolute atomic E-state index is 12.7. The van der Waals surface area contributed by atoms with E-state index in [9.17, 15) is 24.0 Å². The molecule has 0 radical (unpaired) electrons. The number of H-pyrrole nitrogens is 2. The maximum Gasteiger partial charge on any atom is 0.328 e. The Hall–Kier alpha value is -4.29. The molecule has 0 bridgehead atoms. The van der Waals surface area contributed by atoms with Crippen LogP contribution in [0.15, 0.2) is 67.7 Å². The van der Waals surface area contributed by atoms with Gasteiger partial charge in [0.05, 0.1) is 21.8 Å². The van der Waals surface area contributed by atoms with Crippen LogP contribution < -0.4 is 27.8 Å². The van der Waals surface area contributed by atoms with E-state index in [2.05, 4.69) is 15.3 Å². The summed E-state index contributed by atoms with van der Waals surface area (Å²) < 4.78 is 7.42. The molecule has 2 aromatic carbocycles. The molecule has 0 aliphatic carbocycles. The van der Waals surface area contributed by atoms with E-state index in [1.165, 1.54) is 16.2 Å². The van der Waals surface area contributed by atoms with Crippen molar-refractivity contribution < 1.29 is 9.53 Å². The predicted molar refractivity (Wildman–Crippen MR) is 157 cm³/mol. The molecule has 4 rings (SSSR count). The molecule has 2 heterocycles. The second-order valence-electron chi connectivity index (χ2n) is 9.84. The number of carbonyl (C=O) groups is 1. The summed E-state index contributed by atoms with van der Waals surface area (Å²) in [6.45, 7) is 2.74. The van der Waals surface area contributed by atoms with Crippen molar-refractivity contribution in [2.24, 2.45) is 0 Å². The number of nitrogens with zero attached hydrogens (tertiary/aromatic N) is 3. The van der Waals surface area contributed by atoms with Gasteiger partial charge in [0, 0.05) is 33.3 Å². The van der Waals surface area contributed by atoms with Crippen molar-refractivity contribution in [2.45, 2.75) is 38.8 Å². The van der Waals surface area contributed by atoms with Crippen LogP contribution in [0.25, 0.3) is 21.8 Å². The number of unbranched alkanes of at least 4 members (excludes halogenated alkanes) is 1. The Bertz CT molecular complexity index is 1720. The lowest BCUT2D eigenvalue weighted by molar-refractivity contribution is -0.135. The number of benzene rings is 2. The number of hydrogen-bond acceptors (Lipinski definition) is 7. The Morgan fingerprint density at radius 3 is 1.85 bits per heavy atom. The number of hydrogen-bond donors (Lipinski definition) is 3. The Kier molecular flexibility index (Phi) is 10.4. The number of rotatable bonds is 15. The third-order valence-electron chi connectivity index (χ3n) is 6.98. The molecule has 0 saturated heterocycles. The minimum Gasteiger partial charge on any atom is -0.375 e. The summed E-state index contributed by atoms with van der Waals surface area (Å²) in [5, 5.41) is 4.26. The van der Waals surface area contributed by atoms with Gasteiger partial charge in [-0.15, -0.1) is 0 Å². The van der Waals surface area contributed by atoms with Gasteiger partial charge in [-0.1, -0.05) is 24.3 Å². The van der Waals surface area contributed by atoms with E-state index in [1.807, 2.05) is 0 Å². The van der Waals surface area contributed by atoms with Gasteiger partial charge in [-0.3, -0.25) is 23.5 Å². The Labute approximate surface area is 235 Å². The summed E-state index contributed by atoms with van der Waals surface area (Å²) in [5.74, 6) is -0.147. The van der Waals surface area contributed by atoms with Gasteiger partial charge >= 0.3 is 11.4 Å². The summed E-state index contributed by atoms with van der Waals surface area (Å²) in [6, 6.07) is 13.8. The quantitative estimate of drug-likeness (QED) is 0.182. The van der Waals surface area contributed by atoms with Crippen molar-refractivity contribution in [3.05, 3.63) is 90.2 Å². The number of ether oxygens (including phenoxy) is 1. The molecule has 0 fully saturated rings. The minimum absolute atomic E-state index is 0.0397. The molecule has 3 N–H and O–H groups in total. The summed E-state index contributed by atoms with van der Waals surface area (Å²) >= 11 is 0. The Morgan fingerprint density at radius 2 is 1.27 bits per heavy atom. The summed E-state index contributed by atoms with van der Waals surface area (Å²) in [4.78, 5) is 69.8. The number of methoxy groups -OCH3 is 1. The molecular formula is C29H36N6O6. The molecular weight excluding hydrogens is 528 g/mol. The smallest absolute Gasteiger partial charge is 0.328 e. The zero-order valence-corrected chi connectivity index (χ0v) is 23.2. The molecule has 2 aromatic heterocycles. The third-order valence-corrected chi connectivity index (χ3v) is 6.98. The number of fused-ring (bicyclic) bond motifs is 2. The number of para-hydroxylation sites is 2. The summed E-state index contributed by atoms with van der Waals surface area (Å²) in [7, 11) is 1.47. The van der Waals surface area contributed by atoms with E-state index < -0.39 is 11.4 Å². The monoisotopic (exact) mass is 564 g/mol. The molecule has 0 saturated carbocycles. The SMILES string of the molecule is COCC(=O)N(CCCCNCCCn1c(=O)[nH]c2ccccc2c1=O)CCCn1c(=O)[nH]c2ccccc2c1=O. The molecule has 12 heteroatoms. The van der Waals surface area contributed by atoms with Gasteiger partial charge in [0.15, 0.2) is 0 Å². The number of carbonyl (C=O) groups excluding carboxylic acids is 1. The Morgan fingerprint density at radius 1 is 0.756 bits per heavy atom. The van der Waals surface area contributed by atoms with E-state index in [-0.39, 0.29) is 30.2 Å². The lowest BCUT2D eigenvalue weighted by atomic mass is 10.2. The van der Waals surface area contributed by atoms with Crippen LogP contribution in [0.4, 0.5) is 0 Å². The number of nitrogens with one attached hydrogen (secondary N) is 3. The second-order valence-corrected chi connectivity index (χ2v) is 9.84. The van der Waals surface area contributed by atoms with Crippen molar-refractivity contribution >= 4 is 27.7 Å². The highest BCUT2D eigenvalue weighted by molar-refractivity contribution is 5.78. The lowest BCUT2D eigenvalue weighted by Crippen LogP contribution is -2.39. The average Bonchev–Trinajstić information content (AvgIpc) is 2.96. The van der Waals surface area contributed by atoms with Gasteiger partial charge < -0.3 is 24.9 Å². The molecule has 1 amide bonds. The van der Waals surface area contributed by atoms with Crippen molar-refractivity contribution in [3.8, 4) is 0 Å². The van der Waals surface area contributed by atoms with Crippen molar-refractivity contribution in [1.82, 2.24) is 29.3 Å². The van der Waals surface area contributed by atoms with Gasteiger partial charge in [-0.25, -0.2) is 9.59 Å². The maximum atomic E-state index is 12.7. The zero-order valence-electron chi connectivity index (χ0n) is 23.2. The fourth-order valence-electron chi connectivity index (χ4n) is 4.84. The molecule has 0 atom stereocenters. The normalized spacial score (nSPS) is 11.3. The van der Waals surface area contributed by atoms with Gasteiger partial charge in [0.1, 0.15) is 6.61 Å². The van der Waals surface area contributed by atoms with E-state index in [1.54, 1.807) is 53.4 Å². The van der Waals surface area contributed by atoms with Gasteiger partial charge in [0.2, 0.25) is 5.91 Å². The van der Waals surface area contributed by atoms with Crippen molar-refractivity contribution in [2.75, 3.05) is 39.9 Å². The first-order chi connectivity index (χ1) is 19.9. The fourth-order valence-corrected chi connectivity index (χ4v) is 4.84. The van der Waals surface area contributed by atoms with Crippen LogP contribution >= 0.6 is 0 Å². The number of amides is 1. The van der Waals surface area contributed by atoms with Crippen LogP contribution in [-0.2, 0) is 22.6 Å². The van der Waals surface area contributed by atoms with Crippen LogP contribution in [0.5, 0.6) is 0 Å². The summed E-state index contributed by atoms with van der Waals surface area (Å²) in [6.07, 6.45) is 2.63. The molecule has 4 aromatic rings. The summed E-state index contributed by atoms with van der Waals surface area (Å²) in [5.41, 5.74) is -0.485.